The number of aromatic nitrogens is 1. The van der Waals surface area contributed by atoms with Gasteiger partial charge >= 0.3 is 5.97 Å². The average molecular weight is 402 g/mol. The molecule has 2 aromatic carbocycles. The van der Waals surface area contributed by atoms with Crippen molar-refractivity contribution in [3.8, 4) is 11.3 Å². The van der Waals surface area contributed by atoms with Crippen molar-refractivity contribution in [1.29, 1.82) is 0 Å². The van der Waals surface area contributed by atoms with Crippen molar-refractivity contribution in [3.05, 3.63) is 75.3 Å². The highest BCUT2D eigenvalue weighted by Crippen LogP contribution is 2.28. The number of oxazole rings is 1. The zero-order valence-corrected chi connectivity index (χ0v) is 15.8. The second-order valence-corrected chi connectivity index (χ2v) is 6.49. The molecule has 0 aliphatic carbocycles. The number of hydrogen-bond donors (Lipinski definition) is 0. The Bertz CT molecular complexity index is 1010. The monoisotopic (exact) mass is 401 g/mol. The SMILES string of the molecule is CN(C)c1ccc(C(=O)OCc2ncc(-c3ccc(Cl)cc3)o2)cc1[N+](=O)[O-]. The first-order chi connectivity index (χ1) is 13.3. The number of carbonyl (C=O) groups excluding carboxylic acids is 1. The highest BCUT2D eigenvalue weighted by atomic mass is 35.5. The summed E-state index contributed by atoms with van der Waals surface area (Å²) in [7, 11) is 3.36. The van der Waals surface area contributed by atoms with E-state index in [0.29, 0.717) is 16.5 Å². The van der Waals surface area contributed by atoms with E-state index in [4.69, 9.17) is 20.8 Å². The van der Waals surface area contributed by atoms with Gasteiger partial charge in [-0.05, 0) is 36.4 Å². The van der Waals surface area contributed by atoms with Crippen LogP contribution in [0.4, 0.5) is 11.4 Å². The second-order valence-electron chi connectivity index (χ2n) is 6.06. The molecule has 28 heavy (non-hydrogen) atoms. The van der Waals surface area contributed by atoms with Gasteiger partial charge in [-0.1, -0.05) is 11.6 Å². The molecule has 0 bridgehead atoms. The first-order valence-corrected chi connectivity index (χ1v) is 8.56. The Hall–Kier alpha value is -3.39. The van der Waals surface area contributed by atoms with Gasteiger partial charge in [-0.25, -0.2) is 9.78 Å². The van der Waals surface area contributed by atoms with Gasteiger partial charge in [-0.2, -0.15) is 0 Å². The number of nitrogens with zero attached hydrogens (tertiary/aromatic N) is 3. The van der Waals surface area contributed by atoms with Crippen LogP contribution in [-0.2, 0) is 11.3 Å². The van der Waals surface area contributed by atoms with Crippen molar-refractivity contribution in [2.75, 3.05) is 19.0 Å². The van der Waals surface area contributed by atoms with Crippen LogP contribution in [0.5, 0.6) is 0 Å². The maximum atomic E-state index is 12.2. The molecule has 3 aromatic rings. The minimum atomic E-state index is -0.709. The summed E-state index contributed by atoms with van der Waals surface area (Å²) in [6.07, 6.45) is 1.52. The molecule has 0 aliphatic heterocycles. The number of carbonyl (C=O) groups is 1. The number of rotatable bonds is 6. The number of nitro benzene ring substituents is 1. The van der Waals surface area contributed by atoms with Crippen LogP contribution in [0.3, 0.4) is 0 Å². The molecule has 0 unspecified atom stereocenters. The molecule has 1 heterocycles. The summed E-state index contributed by atoms with van der Waals surface area (Å²) in [6, 6.07) is 11.2. The number of esters is 1. The van der Waals surface area contributed by atoms with E-state index in [9.17, 15) is 14.9 Å². The molecule has 0 N–H and O–H groups in total. The van der Waals surface area contributed by atoms with Gasteiger partial charge in [0, 0.05) is 30.7 Å². The molecular weight excluding hydrogens is 386 g/mol. The lowest BCUT2D eigenvalue weighted by Gasteiger charge is -2.13. The first kappa shape index (κ1) is 19.4. The Balaban J connectivity index is 1.70. The van der Waals surface area contributed by atoms with E-state index in [1.165, 1.54) is 24.4 Å². The Morgan fingerprint density at radius 3 is 2.61 bits per heavy atom. The third kappa shape index (κ3) is 4.29. The van der Waals surface area contributed by atoms with Crippen molar-refractivity contribution in [2.45, 2.75) is 6.61 Å². The largest absolute Gasteiger partial charge is 0.452 e. The first-order valence-electron chi connectivity index (χ1n) is 8.18. The molecule has 0 aliphatic rings. The Kier molecular flexibility index (Phi) is 5.60. The molecule has 0 saturated carbocycles. The van der Waals surface area contributed by atoms with Crippen LogP contribution in [0, 0.1) is 10.1 Å². The molecule has 9 heteroatoms. The van der Waals surface area contributed by atoms with Gasteiger partial charge in [0.05, 0.1) is 16.7 Å². The number of halogens is 1. The molecule has 0 atom stereocenters. The predicted molar refractivity (Wildman–Crippen MR) is 103 cm³/mol. The van der Waals surface area contributed by atoms with E-state index >= 15 is 0 Å². The van der Waals surface area contributed by atoms with Crippen LogP contribution in [0.25, 0.3) is 11.3 Å². The molecule has 3 rings (SSSR count). The summed E-state index contributed by atoms with van der Waals surface area (Å²) in [5.74, 6) is 0.00560. The normalized spacial score (nSPS) is 10.5. The number of hydrogen-bond acceptors (Lipinski definition) is 7. The van der Waals surface area contributed by atoms with E-state index in [1.54, 1.807) is 43.3 Å². The molecule has 1 aromatic heterocycles. The molecule has 0 amide bonds. The number of ether oxygens (including phenoxy) is 1. The van der Waals surface area contributed by atoms with Crippen LogP contribution in [0.2, 0.25) is 5.02 Å². The van der Waals surface area contributed by atoms with Crippen molar-refractivity contribution < 1.29 is 18.9 Å². The van der Waals surface area contributed by atoms with Crippen LogP contribution >= 0.6 is 11.6 Å². The summed E-state index contributed by atoms with van der Waals surface area (Å²) < 4.78 is 10.7. The fourth-order valence-electron chi connectivity index (χ4n) is 2.51. The number of anilines is 1. The topological polar surface area (TPSA) is 98.7 Å². The van der Waals surface area contributed by atoms with Crippen LogP contribution in [0.15, 0.2) is 53.1 Å². The van der Waals surface area contributed by atoms with E-state index in [0.717, 1.165) is 5.56 Å². The molecule has 0 spiro atoms. The lowest BCUT2D eigenvalue weighted by molar-refractivity contribution is -0.384. The van der Waals surface area contributed by atoms with Crippen LogP contribution < -0.4 is 4.90 Å². The van der Waals surface area contributed by atoms with Crippen molar-refractivity contribution in [1.82, 2.24) is 4.98 Å². The molecule has 0 saturated heterocycles. The van der Waals surface area contributed by atoms with Gasteiger partial charge < -0.3 is 14.1 Å². The average Bonchev–Trinajstić information content (AvgIpc) is 3.15. The third-order valence-electron chi connectivity index (χ3n) is 3.90. The number of nitro groups is 1. The van der Waals surface area contributed by atoms with Crippen molar-refractivity contribution in [2.24, 2.45) is 0 Å². The summed E-state index contributed by atoms with van der Waals surface area (Å²) in [5.41, 5.74) is 1.06. The minimum Gasteiger partial charge on any atom is -0.452 e. The standard InChI is InChI=1S/C19H16ClN3O5/c1-22(2)15-8-5-13(9-16(15)23(25)26)19(24)27-11-18-21-10-17(28-18)12-3-6-14(20)7-4-12/h3-10H,11H2,1-2H3. The zero-order chi connectivity index (χ0) is 20.3. The van der Waals surface area contributed by atoms with Crippen LogP contribution in [0.1, 0.15) is 16.2 Å². The van der Waals surface area contributed by atoms with E-state index in [2.05, 4.69) is 4.98 Å². The maximum Gasteiger partial charge on any atom is 0.338 e. The lowest BCUT2D eigenvalue weighted by Crippen LogP contribution is -2.12. The molecule has 144 valence electrons. The molecule has 0 fully saturated rings. The Labute approximate surface area is 165 Å². The Morgan fingerprint density at radius 1 is 1.25 bits per heavy atom. The van der Waals surface area contributed by atoms with Gasteiger partial charge in [0.15, 0.2) is 12.4 Å². The highest BCUT2D eigenvalue weighted by Gasteiger charge is 2.20. The van der Waals surface area contributed by atoms with Gasteiger partial charge in [0.1, 0.15) is 5.69 Å². The third-order valence-corrected chi connectivity index (χ3v) is 4.15. The van der Waals surface area contributed by atoms with E-state index < -0.39 is 10.9 Å². The zero-order valence-electron chi connectivity index (χ0n) is 15.1. The Morgan fingerprint density at radius 2 is 1.96 bits per heavy atom. The molecular formula is C19H16ClN3O5. The quantitative estimate of drug-likeness (QED) is 0.344. The summed E-state index contributed by atoms with van der Waals surface area (Å²) in [6.45, 7) is -0.199. The van der Waals surface area contributed by atoms with Gasteiger partial charge in [-0.3, -0.25) is 10.1 Å². The summed E-state index contributed by atoms with van der Waals surface area (Å²) >= 11 is 5.86. The summed E-state index contributed by atoms with van der Waals surface area (Å²) in [4.78, 5) is 28.6. The summed E-state index contributed by atoms with van der Waals surface area (Å²) in [5, 5.41) is 11.8. The fourth-order valence-corrected chi connectivity index (χ4v) is 2.64. The highest BCUT2D eigenvalue weighted by molar-refractivity contribution is 6.30. The van der Waals surface area contributed by atoms with E-state index in [1.807, 2.05) is 0 Å². The minimum absolute atomic E-state index is 0.0711. The van der Waals surface area contributed by atoms with Crippen LogP contribution in [-0.4, -0.2) is 30.0 Å². The lowest BCUT2D eigenvalue weighted by atomic mass is 10.1. The fraction of sp³-hybridized carbons (Fsp3) is 0.158. The van der Waals surface area contributed by atoms with Gasteiger partial charge in [-0.15, -0.1) is 0 Å². The van der Waals surface area contributed by atoms with E-state index in [-0.39, 0.29) is 23.7 Å². The van der Waals surface area contributed by atoms with Gasteiger partial charge in [0.2, 0.25) is 5.89 Å². The number of benzene rings is 2. The predicted octanol–water partition coefficient (Wildman–Crippen LogP) is 4.33. The second kappa shape index (κ2) is 8.10. The maximum absolute atomic E-state index is 12.2. The molecule has 8 nitrogen and oxygen atoms in total. The smallest absolute Gasteiger partial charge is 0.338 e. The van der Waals surface area contributed by atoms with Crippen molar-refractivity contribution >= 4 is 28.9 Å². The van der Waals surface area contributed by atoms with Gasteiger partial charge in [0.25, 0.3) is 5.69 Å². The molecule has 0 radical (unpaired) electrons. The van der Waals surface area contributed by atoms with Crippen molar-refractivity contribution in [3.63, 3.8) is 0 Å².